The number of rotatable bonds is 3. The summed E-state index contributed by atoms with van der Waals surface area (Å²) >= 11 is 5.94. The molecule has 0 aliphatic heterocycles. The third-order valence-electron chi connectivity index (χ3n) is 1.72. The quantitative estimate of drug-likeness (QED) is 0.746. The van der Waals surface area contributed by atoms with Gasteiger partial charge < -0.3 is 9.47 Å². The molecule has 0 saturated carbocycles. The monoisotopic (exact) mass is 229 g/mol. The van der Waals surface area contributed by atoms with Gasteiger partial charge in [-0.05, 0) is 19.9 Å². The van der Waals surface area contributed by atoms with E-state index in [9.17, 15) is 4.79 Å². The van der Waals surface area contributed by atoms with Gasteiger partial charge in [-0.15, -0.1) is 0 Å². The number of aryl methyl sites for hydroxylation is 1. The summed E-state index contributed by atoms with van der Waals surface area (Å²) in [7, 11) is 1.29. The number of pyridine rings is 1. The van der Waals surface area contributed by atoms with Gasteiger partial charge in [0.15, 0.2) is 11.4 Å². The third kappa shape index (κ3) is 2.59. The van der Waals surface area contributed by atoms with Gasteiger partial charge >= 0.3 is 5.97 Å². The second kappa shape index (κ2) is 4.98. The summed E-state index contributed by atoms with van der Waals surface area (Å²) in [6.45, 7) is 3.96. The van der Waals surface area contributed by atoms with Crippen molar-refractivity contribution < 1.29 is 14.3 Å². The van der Waals surface area contributed by atoms with E-state index in [0.29, 0.717) is 17.3 Å². The van der Waals surface area contributed by atoms with Crippen molar-refractivity contribution >= 4 is 17.6 Å². The maximum Gasteiger partial charge on any atom is 0.360 e. The molecule has 1 heterocycles. The molecule has 1 rings (SSSR count). The molecular formula is C10H12ClNO3. The summed E-state index contributed by atoms with van der Waals surface area (Å²) in [5.41, 5.74) is 0.758. The molecule has 0 aliphatic carbocycles. The summed E-state index contributed by atoms with van der Waals surface area (Å²) in [4.78, 5) is 15.4. The van der Waals surface area contributed by atoms with Crippen LogP contribution in [0, 0.1) is 6.92 Å². The number of nitrogens with zero attached hydrogens (tertiary/aromatic N) is 1. The Labute approximate surface area is 93.2 Å². The zero-order valence-electron chi connectivity index (χ0n) is 8.83. The van der Waals surface area contributed by atoms with Crippen LogP contribution in [0.15, 0.2) is 6.07 Å². The first kappa shape index (κ1) is 11.8. The van der Waals surface area contributed by atoms with Crippen molar-refractivity contribution in [2.24, 2.45) is 0 Å². The van der Waals surface area contributed by atoms with Gasteiger partial charge in [-0.3, -0.25) is 0 Å². The Morgan fingerprint density at radius 1 is 1.60 bits per heavy atom. The minimum absolute atomic E-state index is 0.115. The Balaban J connectivity index is 3.26. The Morgan fingerprint density at radius 2 is 2.27 bits per heavy atom. The van der Waals surface area contributed by atoms with Gasteiger partial charge in [-0.25, -0.2) is 9.78 Å². The Bertz CT molecular complexity index is 379. The van der Waals surface area contributed by atoms with Gasteiger partial charge in [-0.1, -0.05) is 11.6 Å². The second-order valence-electron chi connectivity index (χ2n) is 2.85. The molecule has 82 valence electrons. The predicted octanol–water partition coefficient (Wildman–Crippen LogP) is 2.23. The van der Waals surface area contributed by atoms with Crippen molar-refractivity contribution in [3.05, 3.63) is 22.5 Å². The van der Waals surface area contributed by atoms with Crippen LogP contribution in [0.5, 0.6) is 5.75 Å². The number of methoxy groups -OCH3 is 1. The van der Waals surface area contributed by atoms with Crippen LogP contribution >= 0.6 is 11.6 Å². The van der Waals surface area contributed by atoms with E-state index in [2.05, 4.69) is 9.72 Å². The number of aromatic nitrogens is 1. The molecule has 0 spiro atoms. The lowest BCUT2D eigenvalue weighted by atomic mass is 10.3. The normalized spacial score (nSPS) is 9.87. The first-order valence-electron chi connectivity index (χ1n) is 4.48. The number of esters is 1. The van der Waals surface area contributed by atoms with Gasteiger partial charge in [0, 0.05) is 5.69 Å². The Morgan fingerprint density at radius 3 is 2.80 bits per heavy atom. The molecule has 0 amide bonds. The van der Waals surface area contributed by atoms with E-state index < -0.39 is 5.97 Å². The van der Waals surface area contributed by atoms with Crippen molar-refractivity contribution in [3.8, 4) is 5.75 Å². The van der Waals surface area contributed by atoms with Crippen LogP contribution in [0.2, 0.25) is 5.02 Å². The van der Waals surface area contributed by atoms with Crippen LogP contribution < -0.4 is 4.74 Å². The Hall–Kier alpha value is -1.29. The van der Waals surface area contributed by atoms with Gasteiger partial charge in [-0.2, -0.15) is 0 Å². The van der Waals surface area contributed by atoms with Crippen LogP contribution in [0.3, 0.4) is 0 Å². The molecule has 4 nitrogen and oxygen atoms in total. The first-order chi connectivity index (χ1) is 7.10. The Kier molecular flexibility index (Phi) is 3.91. The van der Waals surface area contributed by atoms with Crippen LogP contribution in [0.25, 0.3) is 0 Å². The topological polar surface area (TPSA) is 48.4 Å². The lowest BCUT2D eigenvalue weighted by molar-refractivity contribution is 0.0589. The van der Waals surface area contributed by atoms with Crippen molar-refractivity contribution in [2.75, 3.05) is 13.7 Å². The molecular weight excluding hydrogens is 218 g/mol. The molecule has 0 N–H and O–H groups in total. The fraction of sp³-hybridized carbons (Fsp3) is 0.400. The maximum atomic E-state index is 11.4. The third-order valence-corrected chi connectivity index (χ3v) is 2.00. The highest BCUT2D eigenvalue weighted by atomic mass is 35.5. The second-order valence-corrected chi connectivity index (χ2v) is 3.25. The molecule has 0 aromatic carbocycles. The maximum absolute atomic E-state index is 11.4. The number of ether oxygens (including phenoxy) is 2. The van der Waals surface area contributed by atoms with Crippen molar-refractivity contribution in [3.63, 3.8) is 0 Å². The van der Waals surface area contributed by atoms with E-state index in [4.69, 9.17) is 16.3 Å². The highest BCUT2D eigenvalue weighted by Gasteiger charge is 2.18. The summed E-state index contributed by atoms with van der Waals surface area (Å²) in [5.74, 6) is -0.277. The average Bonchev–Trinajstić information content (AvgIpc) is 2.20. The van der Waals surface area contributed by atoms with E-state index in [-0.39, 0.29) is 11.4 Å². The van der Waals surface area contributed by atoms with E-state index in [1.54, 1.807) is 19.9 Å². The zero-order chi connectivity index (χ0) is 11.4. The molecule has 0 saturated heterocycles. The van der Waals surface area contributed by atoms with Gasteiger partial charge in [0.2, 0.25) is 0 Å². The van der Waals surface area contributed by atoms with Crippen LogP contribution in [-0.4, -0.2) is 24.7 Å². The number of carbonyl (C=O) groups excluding carboxylic acids is 1. The molecule has 0 fully saturated rings. The average molecular weight is 230 g/mol. The highest BCUT2D eigenvalue weighted by molar-refractivity contribution is 6.32. The van der Waals surface area contributed by atoms with Crippen LogP contribution in [0.1, 0.15) is 23.1 Å². The fourth-order valence-corrected chi connectivity index (χ4v) is 1.44. The standard InChI is InChI=1S/C10H12ClNO3/c1-4-15-9-7(11)5-6(2)12-8(9)10(13)14-3/h5H,4H2,1-3H3. The largest absolute Gasteiger partial charge is 0.490 e. The lowest BCUT2D eigenvalue weighted by Gasteiger charge is -2.10. The van der Waals surface area contributed by atoms with Crippen molar-refractivity contribution in [2.45, 2.75) is 13.8 Å². The summed E-state index contributed by atoms with van der Waals surface area (Å²) in [5, 5.41) is 0.366. The van der Waals surface area contributed by atoms with E-state index >= 15 is 0 Å². The molecule has 0 bridgehead atoms. The SMILES string of the molecule is CCOc1c(Cl)cc(C)nc1C(=O)OC. The van der Waals surface area contributed by atoms with Gasteiger partial charge in [0.1, 0.15) is 0 Å². The number of hydrogen-bond donors (Lipinski definition) is 0. The molecule has 15 heavy (non-hydrogen) atoms. The minimum Gasteiger partial charge on any atom is -0.490 e. The van der Waals surface area contributed by atoms with E-state index in [0.717, 1.165) is 0 Å². The molecule has 1 aromatic heterocycles. The predicted molar refractivity (Wildman–Crippen MR) is 56.5 cm³/mol. The smallest absolute Gasteiger partial charge is 0.360 e. The van der Waals surface area contributed by atoms with Crippen LogP contribution in [0.4, 0.5) is 0 Å². The van der Waals surface area contributed by atoms with E-state index in [1.807, 2.05) is 0 Å². The first-order valence-corrected chi connectivity index (χ1v) is 4.86. The van der Waals surface area contributed by atoms with Crippen LogP contribution in [-0.2, 0) is 4.74 Å². The molecule has 1 aromatic rings. The number of carbonyl (C=O) groups is 1. The minimum atomic E-state index is -0.552. The molecule has 5 heteroatoms. The summed E-state index contributed by atoms with van der Waals surface area (Å²) in [6, 6.07) is 1.64. The highest BCUT2D eigenvalue weighted by Crippen LogP contribution is 2.28. The van der Waals surface area contributed by atoms with Crippen molar-refractivity contribution in [1.82, 2.24) is 4.98 Å². The molecule has 0 aliphatic rings. The summed E-state index contributed by atoms with van der Waals surface area (Å²) in [6.07, 6.45) is 0. The zero-order valence-corrected chi connectivity index (χ0v) is 9.59. The number of hydrogen-bond acceptors (Lipinski definition) is 4. The summed E-state index contributed by atoms with van der Waals surface area (Å²) < 4.78 is 9.84. The van der Waals surface area contributed by atoms with Crippen molar-refractivity contribution in [1.29, 1.82) is 0 Å². The fourth-order valence-electron chi connectivity index (χ4n) is 1.14. The van der Waals surface area contributed by atoms with Gasteiger partial charge in [0.25, 0.3) is 0 Å². The molecule has 0 radical (unpaired) electrons. The number of halogens is 1. The molecule has 0 unspecified atom stereocenters. The van der Waals surface area contributed by atoms with E-state index in [1.165, 1.54) is 7.11 Å². The lowest BCUT2D eigenvalue weighted by Crippen LogP contribution is -2.09. The van der Waals surface area contributed by atoms with Gasteiger partial charge in [0.05, 0.1) is 18.7 Å². The molecule has 0 atom stereocenters.